The predicted molar refractivity (Wildman–Crippen MR) is 67.9 cm³/mol. The molecule has 2 heterocycles. The molecule has 0 saturated carbocycles. The Hall–Kier alpha value is -2.57. The maximum atomic E-state index is 13.3. The highest BCUT2D eigenvalue weighted by Crippen LogP contribution is 2.26. The van der Waals surface area contributed by atoms with E-state index >= 15 is 0 Å². The van der Waals surface area contributed by atoms with E-state index in [9.17, 15) is 9.18 Å². The fraction of sp³-hybridized carbons (Fsp3) is 0.231. The third-order valence-electron chi connectivity index (χ3n) is 3.09. The molecule has 1 aliphatic heterocycles. The summed E-state index contributed by atoms with van der Waals surface area (Å²) < 4.78 is 20.4. The monoisotopic (exact) mass is 277 g/mol. The fourth-order valence-electron chi connectivity index (χ4n) is 2.12. The van der Waals surface area contributed by atoms with Gasteiger partial charge >= 0.3 is 6.09 Å². The Labute approximate surface area is 114 Å². The van der Waals surface area contributed by atoms with Gasteiger partial charge in [-0.3, -0.25) is 4.90 Å². The third-order valence-corrected chi connectivity index (χ3v) is 3.09. The first-order valence-corrected chi connectivity index (χ1v) is 6.06. The van der Waals surface area contributed by atoms with E-state index in [1.807, 2.05) is 0 Å². The minimum Gasteiger partial charge on any atom is -0.505 e. The van der Waals surface area contributed by atoms with Gasteiger partial charge in [-0.15, -0.1) is 0 Å². The number of anilines is 1. The molecule has 1 aromatic heterocycles. The summed E-state index contributed by atoms with van der Waals surface area (Å²) >= 11 is 0. The van der Waals surface area contributed by atoms with Gasteiger partial charge in [0.25, 0.3) is 0 Å². The van der Waals surface area contributed by atoms with Gasteiger partial charge in [0.05, 0.1) is 25.1 Å². The van der Waals surface area contributed by atoms with Gasteiger partial charge < -0.3 is 14.4 Å². The van der Waals surface area contributed by atoms with Crippen molar-refractivity contribution >= 4 is 11.8 Å². The van der Waals surface area contributed by atoms with Crippen molar-refractivity contribution in [2.24, 2.45) is 0 Å². The maximum absolute atomic E-state index is 13.3. The third kappa shape index (κ3) is 2.29. The van der Waals surface area contributed by atoms with E-state index in [-0.39, 0.29) is 6.10 Å². The smallest absolute Gasteiger partial charge is 0.414 e. The molecule has 0 radical (unpaired) electrons. The van der Waals surface area contributed by atoms with E-state index in [4.69, 9.17) is 9.84 Å². The fourth-order valence-corrected chi connectivity index (χ4v) is 2.12. The highest BCUT2D eigenvalue weighted by molar-refractivity contribution is 5.89. The van der Waals surface area contributed by atoms with Crippen LogP contribution in [0.1, 0.15) is 0 Å². The highest BCUT2D eigenvalue weighted by Gasteiger charge is 2.32. The van der Waals surface area contributed by atoms with Crippen LogP contribution in [0.4, 0.5) is 14.9 Å². The van der Waals surface area contributed by atoms with Gasteiger partial charge in [0.2, 0.25) is 0 Å². The van der Waals surface area contributed by atoms with Gasteiger partial charge in [-0.25, -0.2) is 14.2 Å². The van der Waals surface area contributed by atoms with Crippen molar-refractivity contribution in [3.63, 3.8) is 0 Å². The molecule has 1 aromatic carbocycles. The molecule has 3 rings (SSSR count). The lowest BCUT2D eigenvalue weighted by Crippen LogP contribution is -2.25. The lowest BCUT2D eigenvalue weighted by molar-refractivity contribution is 0.132. The number of carbonyl (C=O) groups is 1. The number of nitrogens with zero attached hydrogens (tertiary/aromatic N) is 3. The summed E-state index contributed by atoms with van der Waals surface area (Å²) in [6.07, 6.45) is 4.20. The van der Waals surface area contributed by atoms with Crippen molar-refractivity contribution < 1.29 is 19.0 Å². The van der Waals surface area contributed by atoms with E-state index in [1.165, 1.54) is 17.0 Å². The number of hydrogen-bond acceptors (Lipinski definition) is 4. The zero-order valence-electron chi connectivity index (χ0n) is 10.4. The van der Waals surface area contributed by atoms with Gasteiger partial charge in [-0.1, -0.05) is 0 Å². The lowest BCUT2D eigenvalue weighted by Gasteiger charge is -2.13. The number of phenols is 1. The second-order valence-electron chi connectivity index (χ2n) is 4.51. The number of cyclic esters (lactones) is 1. The van der Waals surface area contributed by atoms with Crippen LogP contribution in [0.5, 0.6) is 5.75 Å². The standard InChI is InChI=1S/C13H12FN3O3/c14-11-5-9(1-2-12(11)18)17-7-10(20-13(17)19)6-16-4-3-15-8-16/h1-5,8,10,18H,6-7H2/t10-/m1/s1. The van der Waals surface area contributed by atoms with Crippen molar-refractivity contribution in [1.29, 1.82) is 0 Å². The molecule has 1 saturated heterocycles. The van der Waals surface area contributed by atoms with Gasteiger partial charge in [-0.05, 0) is 12.1 Å². The van der Waals surface area contributed by atoms with Gasteiger partial charge in [-0.2, -0.15) is 0 Å². The van der Waals surface area contributed by atoms with Crippen LogP contribution in [0.2, 0.25) is 0 Å². The summed E-state index contributed by atoms with van der Waals surface area (Å²) in [6, 6.07) is 3.79. The van der Waals surface area contributed by atoms with Crippen molar-refractivity contribution in [3.05, 3.63) is 42.7 Å². The van der Waals surface area contributed by atoms with Crippen molar-refractivity contribution in [1.82, 2.24) is 9.55 Å². The Bertz CT molecular complexity index is 630. The molecule has 1 N–H and O–H groups in total. The Morgan fingerprint density at radius 1 is 1.50 bits per heavy atom. The first kappa shape index (κ1) is 12.5. The number of aromatic nitrogens is 2. The summed E-state index contributed by atoms with van der Waals surface area (Å²) in [5.41, 5.74) is 0.360. The molecule has 0 unspecified atom stereocenters. The summed E-state index contributed by atoms with van der Waals surface area (Å²) in [4.78, 5) is 17.1. The molecule has 0 spiro atoms. The summed E-state index contributed by atoms with van der Waals surface area (Å²) in [5.74, 6) is -1.22. The second kappa shape index (κ2) is 4.84. The number of imidazole rings is 1. The average molecular weight is 277 g/mol. The van der Waals surface area contributed by atoms with Crippen molar-refractivity contribution in [2.75, 3.05) is 11.4 Å². The number of hydrogen-bond donors (Lipinski definition) is 1. The molecule has 6 nitrogen and oxygen atoms in total. The molecule has 7 heteroatoms. The number of amides is 1. The number of carbonyl (C=O) groups excluding carboxylic acids is 1. The quantitative estimate of drug-likeness (QED) is 0.928. The van der Waals surface area contributed by atoms with Gasteiger partial charge in [0, 0.05) is 18.5 Å². The molecule has 1 aliphatic rings. The molecule has 0 bridgehead atoms. The Morgan fingerprint density at radius 2 is 2.35 bits per heavy atom. The number of rotatable bonds is 3. The van der Waals surface area contributed by atoms with Crippen molar-refractivity contribution in [2.45, 2.75) is 12.6 Å². The average Bonchev–Trinajstić information content (AvgIpc) is 3.03. The molecule has 1 atom stereocenters. The van der Waals surface area contributed by atoms with Crippen LogP contribution >= 0.6 is 0 Å². The number of phenolic OH excluding ortho intramolecular Hbond substituents is 1. The van der Waals surface area contributed by atoms with E-state index in [2.05, 4.69) is 4.98 Å². The minimum atomic E-state index is -0.770. The molecular weight excluding hydrogens is 265 g/mol. The Morgan fingerprint density at radius 3 is 3.05 bits per heavy atom. The maximum Gasteiger partial charge on any atom is 0.414 e. The molecule has 2 aromatic rings. The van der Waals surface area contributed by atoms with Crippen LogP contribution in [0.3, 0.4) is 0 Å². The summed E-state index contributed by atoms with van der Waals surface area (Å²) in [7, 11) is 0. The first-order chi connectivity index (χ1) is 9.63. The topological polar surface area (TPSA) is 67.6 Å². The van der Waals surface area contributed by atoms with E-state index < -0.39 is 17.7 Å². The second-order valence-corrected chi connectivity index (χ2v) is 4.51. The normalized spacial score (nSPS) is 18.4. The van der Waals surface area contributed by atoms with Crippen molar-refractivity contribution in [3.8, 4) is 5.75 Å². The minimum absolute atomic E-state index is 0.321. The zero-order chi connectivity index (χ0) is 14.1. The van der Waals surface area contributed by atoms with Gasteiger partial charge in [0.15, 0.2) is 11.6 Å². The number of halogens is 1. The summed E-state index contributed by atoms with van der Waals surface area (Å²) in [5, 5.41) is 9.16. The Kier molecular flexibility index (Phi) is 3.02. The number of aromatic hydroxyl groups is 1. The van der Waals surface area contributed by atoms with Crippen LogP contribution in [0.25, 0.3) is 0 Å². The van der Waals surface area contributed by atoms with Crippen LogP contribution in [-0.2, 0) is 11.3 Å². The molecular formula is C13H12FN3O3. The van der Waals surface area contributed by atoms with Crippen LogP contribution in [0, 0.1) is 5.82 Å². The highest BCUT2D eigenvalue weighted by atomic mass is 19.1. The zero-order valence-corrected chi connectivity index (χ0v) is 10.4. The molecule has 20 heavy (non-hydrogen) atoms. The first-order valence-electron chi connectivity index (χ1n) is 6.06. The Balaban J connectivity index is 1.75. The van der Waals surface area contributed by atoms with Crippen LogP contribution in [0.15, 0.2) is 36.9 Å². The molecule has 1 fully saturated rings. The summed E-state index contributed by atoms with van der Waals surface area (Å²) in [6.45, 7) is 0.810. The number of benzene rings is 1. The predicted octanol–water partition coefficient (Wildman–Crippen LogP) is 1.75. The SMILES string of the molecule is O=C1O[C@H](Cn2ccnc2)CN1c1ccc(O)c(F)c1. The number of ether oxygens (including phenoxy) is 1. The van der Waals surface area contributed by atoms with E-state index in [1.54, 1.807) is 23.3 Å². The lowest BCUT2D eigenvalue weighted by atomic mass is 10.2. The van der Waals surface area contributed by atoms with Crippen LogP contribution in [-0.4, -0.2) is 33.4 Å². The van der Waals surface area contributed by atoms with Gasteiger partial charge in [0.1, 0.15) is 6.10 Å². The van der Waals surface area contributed by atoms with E-state index in [0.29, 0.717) is 18.8 Å². The van der Waals surface area contributed by atoms with E-state index in [0.717, 1.165) is 6.07 Å². The molecule has 0 aliphatic carbocycles. The largest absolute Gasteiger partial charge is 0.505 e. The molecule has 104 valence electrons. The molecule has 1 amide bonds. The van der Waals surface area contributed by atoms with Crippen LogP contribution < -0.4 is 4.90 Å².